The van der Waals surface area contributed by atoms with Crippen LogP contribution in [0.15, 0.2) is 23.3 Å². The predicted molar refractivity (Wildman–Crippen MR) is 71.9 cm³/mol. The van der Waals surface area contributed by atoms with Crippen molar-refractivity contribution in [2.24, 2.45) is 0 Å². The van der Waals surface area contributed by atoms with E-state index in [9.17, 15) is 9.59 Å². The number of hydrogen-bond acceptors (Lipinski definition) is 6. The number of aromatic amines is 1. The van der Waals surface area contributed by atoms with Gasteiger partial charge in [-0.2, -0.15) is 0 Å². The molecule has 0 amide bonds. The molecule has 0 fully saturated rings. The smallest absolute Gasteiger partial charge is 0.327 e. The molecule has 19 heavy (non-hydrogen) atoms. The van der Waals surface area contributed by atoms with E-state index in [0.29, 0.717) is 22.3 Å². The lowest BCUT2D eigenvalue weighted by Crippen LogP contribution is -2.27. The summed E-state index contributed by atoms with van der Waals surface area (Å²) in [5.41, 5.74) is 6.98. The average Bonchev–Trinajstić information content (AvgIpc) is 2.40. The van der Waals surface area contributed by atoms with Crippen LogP contribution in [0.3, 0.4) is 0 Å². The van der Waals surface area contributed by atoms with Crippen molar-refractivity contribution >= 4 is 28.2 Å². The molecule has 1 heterocycles. The van der Waals surface area contributed by atoms with Crippen molar-refractivity contribution in [3.8, 4) is 0 Å². The molecule has 2 rings (SSSR count). The van der Waals surface area contributed by atoms with Crippen LogP contribution in [0.5, 0.6) is 0 Å². The monoisotopic (exact) mass is 262 g/mol. The van der Waals surface area contributed by atoms with Gasteiger partial charge < -0.3 is 20.8 Å². The Kier molecular flexibility index (Phi) is 3.37. The van der Waals surface area contributed by atoms with Crippen LogP contribution in [0, 0.1) is 0 Å². The van der Waals surface area contributed by atoms with Gasteiger partial charge in [-0.3, -0.25) is 4.79 Å². The van der Waals surface area contributed by atoms with E-state index in [2.05, 4.69) is 20.0 Å². The molecule has 7 heteroatoms. The molecule has 4 N–H and O–H groups in total. The number of anilines is 2. The molecular formula is C12H14N4O3. The molecule has 0 radical (unpaired) electrons. The molecular weight excluding hydrogens is 248 g/mol. The van der Waals surface area contributed by atoms with E-state index in [1.54, 1.807) is 13.0 Å². The molecule has 1 unspecified atom stereocenters. The fourth-order valence-electron chi connectivity index (χ4n) is 1.73. The van der Waals surface area contributed by atoms with Gasteiger partial charge in [0.05, 0.1) is 35.7 Å². The third-order valence-corrected chi connectivity index (χ3v) is 2.74. The molecule has 1 aromatic heterocycles. The lowest BCUT2D eigenvalue weighted by Gasteiger charge is -2.15. The van der Waals surface area contributed by atoms with Gasteiger partial charge in [-0.15, -0.1) is 0 Å². The number of ether oxygens (including phenoxy) is 1. The minimum absolute atomic E-state index is 0.260. The van der Waals surface area contributed by atoms with Gasteiger partial charge in [0.1, 0.15) is 6.04 Å². The van der Waals surface area contributed by atoms with Gasteiger partial charge in [0.2, 0.25) is 0 Å². The first-order valence-electron chi connectivity index (χ1n) is 5.64. The number of nitrogens with zero attached hydrogens (tertiary/aromatic N) is 1. The SMILES string of the molecule is COC(=O)C(C)Nc1cc2nc[nH]c(=O)c2cc1N. The van der Waals surface area contributed by atoms with E-state index in [-0.39, 0.29) is 5.56 Å². The number of nitrogen functional groups attached to an aromatic ring is 1. The van der Waals surface area contributed by atoms with Crippen LogP contribution in [0.1, 0.15) is 6.92 Å². The molecule has 0 aliphatic carbocycles. The number of hydrogen-bond donors (Lipinski definition) is 3. The van der Waals surface area contributed by atoms with E-state index in [0.717, 1.165) is 0 Å². The molecule has 2 aromatic rings. The van der Waals surface area contributed by atoms with E-state index in [4.69, 9.17) is 5.73 Å². The van der Waals surface area contributed by atoms with Crippen LogP contribution in [-0.2, 0) is 9.53 Å². The second-order valence-electron chi connectivity index (χ2n) is 4.08. The fourth-order valence-corrected chi connectivity index (χ4v) is 1.73. The van der Waals surface area contributed by atoms with Gasteiger partial charge in [-0.1, -0.05) is 0 Å². The number of carbonyl (C=O) groups is 1. The summed E-state index contributed by atoms with van der Waals surface area (Å²) in [5.74, 6) is -0.404. The number of carbonyl (C=O) groups excluding carboxylic acids is 1. The summed E-state index contributed by atoms with van der Waals surface area (Å²) in [6.45, 7) is 1.65. The van der Waals surface area contributed by atoms with Crippen LogP contribution in [-0.4, -0.2) is 29.1 Å². The standard InChI is InChI=1S/C12H14N4O3/c1-6(12(18)19-2)16-10-4-9-7(3-8(10)13)11(17)15-5-14-9/h3-6,16H,13H2,1-2H3,(H,14,15,17). The van der Waals surface area contributed by atoms with Crippen molar-refractivity contribution in [1.82, 2.24) is 9.97 Å². The van der Waals surface area contributed by atoms with E-state index in [1.807, 2.05) is 0 Å². The van der Waals surface area contributed by atoms with Crippen molar-refractivity contribution in [3.05, 3.63) is 28.8 Å². The normalized spacial score (nSPS) is 12.1. The van der Waals surface area contributed by atoms with Crippen molar-refractivity contribution < 1.29 is 9.53 Å². The maximum atomic E-state index is 11.6. The van der Waals surface area contributed by atoms with Gasteiger partial charge in [-0.25, -0.2) is 9.78 Å². The van der Waals surface area contributed by atoms with E-state index < -0.39 is 12.0 Å². The Labute approximate surface area is 108 Å². The minimum Gasteiger partial charge on any atom is -0.467 e. The Bertz CT molecular complexity index is 680. The predicted octanol–water partition coefficient (Wildman–Crippen LogP) is 0.479. The molecule has 0 saturated heterocycles. The minimum atomic E-state index is -0.549. The number of nitrogens with one attached hydrogen (secondary N) is 2. The summed E-state index contributed by atoms with van der Waals surface area (Å²) in [6.07, 6.45) is 1.31. The number of methoxy groups -OCH3 is 1. The number of aromatic nitrogens is 2. The quantitative estimate of drug-likeness (QED) is 0.548. The summed E-state index contributed by atoms with van der Waals surface area (Å²) in [7, 11) is 1.31. The molecule has 100 valence electrons. The largest absolute Gasteiger partial charge is 0.467 e. The number of fused-ring (bicyclic) bond motifs is 1. The maximum absolute atomic E-state index is 11.6. The summed E-state index contributed by atoms with van der Waals surface area (Å²) in [5, 5.41) is 3.32. The highest BCUT2D eigenvalue weighted by Gasteiger charge is 2.14. The number of H-pyrrole nitrogens is 1. The Morgan fingerprint density at radius 3 is 2.95 bits per heavy atom. The maximum Gasteiger partial charge on any atom is 0.327 e. The molecule has 0 aliphatic heterocycles. The van der Waals surface area contributed by atoms with Crippen LogP contribution in [0.4, 0.5) is 11.4 Å². The number of benzene rings is 1. The van der Waals surface area contributed by atoms with Crippen LogP contribution in [0.2, 0.25) is 0 Å². The van der Waals surface area contributed by atoms with Gasteiger partial charge in [0, 0.05) is 0 Å². The highest BCUT2D eigenvalue weighted by Crippen LogP contribution is 2.23. The Morgan fingerprint density at radius 1 is 1.53 bits per heavy atom. The fraction of sp³-hybridized carbons (Fsp3) is 0.250. The summed E-state index contributed by atoms with van der Waals surface area (Å²) < 4.78 is 4.62. The zero-order valence-corrected chi connectivity index (χ0v) is 10.6. The average molecular weight is 262 g/mol. The van der Waals surface area contributed by atoms with Gasteiger partial charge in [0.15, 0.2) is 0 Å². The Balaban J connectivity index is 2.42. The zero-order valence-electron chi connectivity index (χ0n) is 10.6. The lowest BCUT2D eigenvalue weighted by atomic mass is 10.1. The second kappa shape index (κ2) is 4.97. The van der Waals surface area contributed by atoms with Crippen molar-refractivity contribution in [2.45, 2.75) is 13.0 Å². The summed E-state index contributed by atoms with van der Waals surface area (Å²) in [6, 6.07) is 2.60. The van der Waals surface area contributed by atoms with E-state index in [1.165, 1.54) is 19.5 Å². The molecule has 0 saturated carbocycles. The molecule has 1 atom stereocenters. The van der Waals surface area contributed by atoms with Crippen LogP contribution in [0.25, 0.3) is 10.9 Å². The van der Waals surface area contributed by atoms with Crippen molar-refractivity contribution in [3.63, 3.8) is 0 Å². The van der Waals surface area contributed by atoms with Crippen molar-refractivity contribution in [2.75, 3.05) is 18.2 Å². The first-order chi connectivity index (χ1) is 9.02. The summed E-state index contributed by atoms with van der Waals surface area (Å²) in [4.78, 5) is 29.4. The highest BCUT2D eigenvalue weighted by atomic mass is 16.5. The van der Waals surface area contributed by atoms with Crippen molar-refractivity contribution in [1.29, 1.82) is 0 Å². The molecule has 0 bridgehead atoms. The highest BCUT2D eigenvalue weighted by molar-refractivity contribution is 5.89. The van der Waals surface area contributed by atoms with Gasteiger partial charge >= 0.3 is 5.97 Å². The topological polar surface area (TPSA) is 110 Å². The van der Waals surface area contributed by atoms with Gasteiger partial charge in [0.25, 0.3) is 5.56 Å². The second-order valence-corrected chi connectivity index (χ2v) is 4.08. The number of nitrogens with two attached hydrogens (primary N) is 1. The summed E-state index contributed by atoms with van der Waals surface area (Å²) >= 11 is 0. The third-order valence-electron chi connectivity index (χ3n) is 2.74. The lowest BCUT2D eigenvalue weighted by molar-refractivity contribution is -0.141. The first kappa shape index (κ1) is 12.9. The third kappa shape index (κ3) is 2.49. The molecule has 0 aliphatic rings. The van der Waals surface area contributed by atoms with Gasteiger partial charge in [-0.05, 0) is 19.1 Å². The number of rotatable bonds is 3. The Hall–Kier alpha value is -2.57. The zero-order chi connectivity index (χ0) is 14.0. The van der Waals surface area contributed by atoms with Crippen LogP contribution < -0.4 is 16.6 Å². The van der Waals surface area contributed by atoms with E-state index >= 15 is 0 Å². The molecule has 0 spiro atoms. The number of esters is 1. The first-order valence-corrected chi connectivity index (χ1v) is 5.64. The molecule has 7 nitrogen and oxygen atoms in total. The van der Waals surface area contributed by atoms with Crippen LogP contribution >= 0.6 is 0 Å². The Morgan fingerprint density at radius 2 is 2.26 bits per heavy atom. The molecule has 1 aromatic carbocycles.